The van der Waals surface area contributed by atoms with Crippen molar-refractivity contribution in [2.45, 2.75) is 6.42 Å². The van der Waals surface area contributed by atoms with E-state index in [1.54, 1.807) is 6.20 Å². The standard InChI is InChI=1S/C20H11F2N3OS/c21-13-7-12-8-14-19(26-17(12)15(22)9-13)24-18(25-20(14)27)11-3-4-16-10(6-11)2-1-5-23-16/h1-7,9H,8H2,(H,24,25,27). The number of benzene rings is 2. The normalized spacial score (nSPS) is 12.4. The summed E-state index contributed by atoms with van der Waals surface area (Å²) in [5, 5.41) is 0.960. The zero-order valence-electron chi connectivity index (χ0n) is 13.8. The highest BCUT2D eigenvalue weighted by molar-refractivity contribution is 7.71. The molecule has 0 amide bonds. The van der Waals surface area contributed by atoms with Gasteiger partial charge in [0.2, 0.25) is 5.88 Å². The highest BCUT2D eigenvalue weighted by Gasteiger charge is 2.24. The Bertz CT molecular complexity index is 1290. The van der Waals surface area contributed by atoms with Gasteiger partial charge in [-0.1, -0.05) is 18.3 Å². The summed E-state index contributed by atoms with van der Waals surface area (Å²) in [6.07, 6.45) is 1.99. The molecule has 1 aliphatic rings. The molecule has 7 heteroatoms. The van der Waals surface area contributed by atoms with Gasteiger partial charge in [0.25, 0.3) is 0 Å². The number of aromatic amines is 1. The fourth-order valence-corrected chi connectivity index (χ4v) is 3.49. The molecule has 4 aromatic rings. The molecule has 0 saturated carbocycles. The quantitative estimate of drug-likeness (QED) is 0.400. The summed E-state index contributed by atoms with van der Waals surface area (Å²) < 4.78 is 33.6. The summed E-state index contributed by atoms with van der Waals surface area (Å²) in [6, 6.07) is 11.6. The first kappa shape index (κ1) is 16.0. The molecule has 1 aliphatic heterocycles. The molecule has 1 N–H and O–H groups in total. The van der Waals surface area contributed by atoms with E-state index in [1.165, 1.54) is 6.07 Å². The largest absolute Gasteiger partial charge is 0.437 e. The summed E-state index contributed by atoms with van der Waals surface area (Å²) in [6.45, 7) is 0. The lowest BCUT2D eigenvalue weighted by molar-refractivity contribution is 0.403. The molecule has 2 aromatic carbocycles. The number of fused-ring (bicyclic) bond motifs is 3. The van der Waals surface area contributed by atoms with Gasteiger partial charge >= 0.3 is 0 Å². The van der Waals surface area contributed by atoms with Crippen molar-refractivity contribution >= 4 is 23.1 Å². The zero-order chi connectivity index (χ0) is 18.5. The molecular formula is C20H11F2N3OS. The average molecular weight is 379 g/mol. The molecule has 0 spiro atoms. The van der Waals surface area contributed by atoms with Crippen LogP contribution in [0.1, 0.15) is 11.1 Å². The molecule has 132 valence electrons. The maximum absolute atomic E-state index is 14.1. The number of pyridine rings is 1. The predicted octanol–water partition coefficient (Wildman–Crippen LogP) is 5.33. The van der Waals surface area contributed by atoms with E-state index in [2.05, 4.69) is 15.0 Å². The molecule has 0 fully saturated rings. The maximum Gasteiger partial charge on any atom is 0.205 e. The fourth-order valence-electron chi connectivity index (χ4n) is 3.23. The Morgan fingerprint density at radius 1 is 1.11 bits per heavy atom. The summed E-state index contributed by atoms with van der Waals surface area (Å²) in [5.74, 6) is -0.549. The summed E-state index contributed by atoms with van der Waals surface area (Å²) >= 11 is 5.41. The van der Waals surface area contributed by atoms with E-state index in [-0.39, 0.29) is 12.2 Å². The van der Waals surface area contributed by atoms with Crippen molar-refractivity contribution in [3.63, 3.8) is 0 Å². The average Bonchev–Trinajstić information content (AvgIpc) is 2.66. The van der Waals surface area contributed by atoms with Crippen molar-refractivity contribution in [1.82, 2.24) is 15.0 Å². The van der Waals surface area contributed by atoms with Crippen LogP contribution in [0.15, 0.2) is 48.7 Å². The van der Waals surface area contributed by atoms with Crippen LogP contribution in [0.2, 0.25) is 0 Å². The van der Waals surface area contributed by atoms with Crippen molar-refractivity contribution in [3.05, 3.63) is 76.1 Å². The Kier molecular flexibility index (Phi) is 3.51. The van der Waals surface area contributed by atoms with Crippen LogP contribution in [-0.4, -0.2) is 15.0 Å². The molecule has 5 rings (SSSR count). The number of rotatable bonds is 1. The van der Waals surface area contributed by atoms with Crippen LogP contribution in [0, 0.1) is 16.3 Å². The van der Waals surface area contributed by atoms with Crippen molar-refractivity contribution in [3.8, 4) is 23.0 Å². The second-order valence-corrected chi connectivity index (χ2v) is 6.65. The van der Waals surface area contributed by atoms with Crippen molar-refractivity contribution in [1.29, 1.82) is 0 Å². The van der Waals surface area contributed by atoms with E-state index in [4.69, 9.17) is 17.0 Å². The third-order valence-electron chi connectivity index (χ3n) is 4.51. The van der Waals surface area contributed by atoms with Gasteiger partial charge in [0.15, 0.2) is 11.6 Å². The molecule has 0 bridgehead atoms. The maximum atomic E-state index is 14.1. The number of aromatic nitrogens is 3. The Hall–Kier alpha value is -3.19. The number of ether oxygens (including phenoxy) is 1. The van der Waals surface area contributed by atoms with Gasteiger partial charge < -0.3 is 9.72 Å². The summed E-state index contributed by atoms with van der Waals surface area (Å²) in [5.41, 5.74) is 2.69. The van der Waals surface area contributed by atoms with Crippen LogP contribution in [0.3, 0.4) is 0 Å². The number of H-pyrrole nitrogens is 1. The second-order valence-electron chi connectivity index (χ2n) is 6.26. The van der Waals surface area contributed by atoms with Crippen molar-refractivity contribution in [2.24, 2.45) is 0 Å². The van der Waals surface area contributed by atoms with Gasteiger partial charge in [-0.3, -0.25) is 4.98 Å². The molecule has 27 heavy (non-hydrogen) atoms. The smallest absolute Gasteiger partial charge is 0.205 e. The Labute approximate surface area is 157 Å². The minimum Gasteiger partial charge on any atom is -0.437 e. The van der Waals surface area contributed by atoms with Gasteiger partial charge in [-0.25, -0.2) is 13.8 Å². The minimum absolute atomic E-state index is 0.00871. The molecule has 0 unspecified atom stereocenters. The first-order valence-corrected chi connectivity index (χ1v) is 8.63. The van der Waals surface area contributed by atoms with E-state index < -0.39 is 11.6 Å². The number of nitrogens with zero attached hydrogens (tertiary/aromatic N) is 2. The minimum atomic E-state index is -0.745. The highest BCUT2D eigenvalue weighted by atomic mass is 32.1. The Morgan fingerprint density at radius 2 is 2.00 bits per heavy atom. The molecule has 0 aliphatic carbocycles. The van der Waals surface area contributed by atoms with Gasteiger partial charge in [-0.2, -0.15) is 0 Å². The van der Waals surface area contributed by atoms with E-state index in [0.717, 1.165) is 22.5 Å². The highest BCUT2D eigenvalue weighted by Crippen LogP contribution is 2.38. The number of halogens is 2. The van der Waals surface area contributed by atoms with Gasteiger partial charge in [0, 0.05) is 35.2 Å². The van der Waals surface area contributed by atoms with Crippen LogP contribution in [0.5, 0.6) is 11.6 Å². The van der Waals surface area contributed by atoms with Crippen LogP contribution >= 0.6 is 12.2 Å². The lowest BCUT2D eigenvalue weighted by atomic mass is 10.0. The summed E-state index contributed by atoms with van der Waals surface area (Å²) in [4.78, 5) is 11.8. The third kappa shape index (κ3) is 2.67. The summed E-state index contributed by atoms with van der Waals surface area (Å²) in [7, 11) is 0. The zero-order valence-corrected chi connectivity index (χ0v) is 14.6. The molecular weight excluding hydrogens is 368 g/mol. The number of hydrogen-bond donors (Lipinski definition) is 1. The molecule has 0 saturated heterocycles. The van der Waals surface area contributed by atoms with Crippen LogP contribution in [0.4, 0.5) is 8.78 Å². The van der Waals surface area contributed by atoms with Gasteiger partial charge in [0.05, 0.1) is 11.1 Å². The third-order valence-corrected chi connectivity index (χ3v) is 4.85. The second kappa shape index (κ2) is 5.92. The molecule has 0 radical (unpaired) electrons. The molecule has 2 aromatic heterocycles. The van der Waals surface area contributed by atoms with E-state index >= 15 is 0 Å². The first-order chi connectivity index (χ1) is 13.1. The van der Waals surface area contributed by atoms with Gasteiger partial charge in [-0.05, 0) is 30.3 Å². The predicted molar refractivity (Wildman–Crippen MR) is 99.4 cm³/mol. The first-order valence-electron chi connectivity index (χ1n) is 8.22. The number of nitrogens with one attached hydrogen (secondary N) is 1. The van der Waals surface area contributed by atoms with E-state index in [1.807, 2.05) is 30.3 Å². The molecule has 0 atom stereocenters. The lowest BCUT2D eigenvalue weighted by Gasteiger charge is -2.21. The van der Waals surface area contributed by atoms with Crippen LogP contribution in [0.25, 0.3) is 22.3 Å². The topological polar surface area (TPSA) is 50.8 Å². The van der Waals surface area contributed by atoms with Gasteiger partial charge in [0.1, 0.15) is 16.3 Å². The van der Waals surface area contributed by atoms with Crippen molar-refractivity contribution in [2.75, 3.05) is 0 Å². The molecule has 4 nitrogen and oxygen atoms in total. The number of hydrogen-bond acceptors (Lipinski definition) is 4. The van der Waals surface area contributed by atoms with Crippen LogP contribution < -0.4 is 4.74 Å². The Balaban J connectivity index is 1.63. The van der Waals surface area contributed by atoms with Crippen molar-refractivity contribution < 1.29 is 13.5 Å². The van der Waals surface area contributed by atoms with Gasteiger partial charge in [-0.15, -0.1) is 0 Å². The Morgan fingerprint density at radius 3 is 2.89 bits per heavy atom. The van der Waals surface area contributed by atoms with E-state index in [9.17, 15) is 8.78 Å². The van der Waals surface area contributed by atoms with E-state index in [0.29, 0.717) is 27.5 Å². The monoisotopic (exact) mass is 379 g/mol. The lowest BCUT2D eigenvalue weighted by Crippen LogP contribution is -2.09. The van der Waals surface area contributed by atoms with Crippen LogP contribution in [-0.2, 0) is 6.42 Å². The molecule has 3 heterocycles. The SMILES string of the molecule is Fc1cc(F)c2c(c1)Cc1c([nH]c(-c3ccc4ncccc4c3)nc1=S)O2. The fraction of sp³-hybridized carbons (Fsp3) is 0.0500.